The van der Waals surface area contributed by atoms with Crippen LogP contribution in [0.1, 0.15) is 37.0 Å². The summed E-state index contributed by atoms with van der Waals surface area (Å²) in [7, 11) is -6.16. The molecule has 1 unspecified atom stereocenters. The van der Waals surface area contributed by atoms with Crippen LogP contribution in [0.25, 0.3) is 0 Å². The molecule has 1 saturated heterocycles. The van der Waals surface area contributed by atoms with E-state index in [0.717, 1.165) is 19.4 Å². The maximum absolute atomic E-state index is 13.1. The van der Waals surface area contributed by atoms with E-state index in [2.05, 4.69) is 19.9 Å². The first kappa shape index (κ1) is 41.8. The summed E-state index contributed by atoms with van der Waals surface area (Å²) >= 11 is 0. The average molecular weight is 560 g/mol. The minimum atomic E-state index is -3.75. The molecule has 206 valence electrons. The molecule has 1 atom stereocenters. The Morgan fingerprint density at radius 2 is 1.61 bits per heavy atom. The number of hydrogen-bond acceptors (Lipinski definition) is 6. The SMILES string of the molecule is CC(c1[c-]c(F)ccc1)S(=O)(=O)c1ccc([S-](=O)=O)cc1.[CH2-]CC(C[CH2-])CN1CCC(F)(F)C1.[CH3-].[CH3-].[Li+].[Li+]. The van der Waals surface area contributed by atoms with Crippen LogP contribution < -0.4 is 37.7 Å². The first-order valence-electron chi connectivity index (χ1n) is 10.7. The van der Waals surface area contributed by atoms with Gasteiger partial charge in [-0.3, -0.25) is 4.90 Å². The van der Waals surface area contributed by atoms with Gasteiger partial charge in [-0.25, -0.2) is 21.6 Å². The van der Waals surface area contributed by atoms with E-state index in [1.54, 1.807) is 0 Å². The average Bonchev–Trinajstić information content (AvgIpc) is 3.15. The van der Waals surface area contributed by atoms with E-state index in [1.165, 1.54) is 49.4 Å². The van der Waals surface area contributed by atoms with Crippen molar-refractivity contribution < 1.29 is 67.7 Å². The van der Waals surface area contributed by atoms with Crippen LogP contribution in [0, 0.1) is 46.5 Å². The van der Waals surface area contributed by atoms with Gasteiger partial charge in [0.2, 0.25) is 0 Å². The molecular weight excluding hydrogens is 525 g/mol. The molecule has 0 N–H and O–H groups in total. The maximum Gasteiger partial charge on any atom is 1.00 e. The monoisotopic (exact) mass is 559 g/mol. The molecule has 0 bridgehead atoms. The second kappa shape index (κ2) is 18.6. The fourth-order valence-corrected chi connectivity index (χ4v) is 5.21. The van der Waals surface area contributed by atoms with E-state index >= 15 is 0 Å². The van der Waals surface area contributed by atoms with Crippen LogP contribution in [0.3, 0.4) is 0 Å². The van der Waals surface area contributed by atoms with Gasteiger partial charge in [0.1, 0.15) is 0 Å². The van der Waals surface area contributed by atoms with Gasteiger partial charge in [0.05, 0.1) is 16.7 Å². The van der Waals surface area contributed by atoms with E-state index in [4.69, 9.17) is 0 Å². The van der Waals surface area contributed by atoms with Crippen molar-refractivity contribution in [2.45, 2.75) is 47.1 Å². The van der Waals surface area contributed by atoms with Crippen molar-refractivity contribution in [3.05, 3.63) is 88.6 Å². The molecule has 3 rings (SSSR count). The predicted molar refractivity (Wildman–Crippen MR) is 137 cm³/mol. The summed E-state index contributed by atoms with van der Waals surface area (Å²) in [5, 5.41) is -0.989. The standard InChI is InChI=1S/C14H11FO4S2.C10H17F2N.2CH3.2Li/c1-10(11-3-2-4-12(15)9-11)21(18,19)14-7-5-13(6-8-14)20(16)17;1-3-9(4-2)7-13-6-5-10(11,12)8-13;;;;/h2-8,10H,1H3;9H,1-8H2;2*1H3;;/q2*-2;2*-1;2*+1. The molecule has 1 heterocycles. The molecule has 0 radical (unpaired) electrons. The van der Waals surface area contributed by atoms with Gasteiger partial charge in [-0.15, -0.1) is 17.7 Å². The van der Waals surface area contributed by atoms with E-state index in [9.17, 15) is 30.0 Å². The van der Waals surface area contributed by atoms with Crippen molar-refractivity contribution in [3.8, 4) is 0 Å². The molecule has 0 aromatic heterocycles. The normalized spacial score (nSPS) is 15.2. The van der Waals surface area contributed by atoms with Crippen LogP contribution in [-0.2, 0) is 29.0 Å². The fourth-order valence-electron chi connectivity index (χ4n) is 3.46. The van der Waals surface area contributed by atoms with Crippen LogP contribution in [0.4, 0.5) is 13.2 Å². The van der Waals surface area contributed by atoms with Gasteiger partial charge in [-0.1, -0.05) is 22.9 Å². The predicted octanol–water partition coefficient (Wildman–Crippen LogP) is 0.130. The molecule has 1 aliphatic heterocycles. The van der Waals surface area contributed by atoms with Crippen LogP contribution in [0.5, 0.6) is 0 Å². The molecular formula is C26H34F3Li2NO4S2-4. The van der Waals surface area contributed by atoms with Gasteiger partial charge in [-0.05, 0) is 36.3 Å². The van der Waals surface area contributed by atoms with Crippen molar-refractivity contribution in [2.75, 3.05) is 19.6 Å². The topological polar surface area (TPSA) is 71.5 Å². The molecule has 5 nitrogen and oxygen atoms in total. The smallest absolute Gasteiger partial charge is 0.420 e. The van der Waals surface area contributed by atoms with Crippen molar-refractivity contribution in [2.24, 2.45) is 5.92 Å². The van der Waals surface area contributed by atoms with Crippen molar-refractivity contribution in [1.82, 2.24) is 4.90 Å². The zero-order valence-electron chi connectivity index (χ0n) is 22.9. The Kier molecular flexibility index (Phi) is 20.4. The third-order valence-corrected chi connectivity index (χ3v) is 8.38. The Labute approximate surface area is 253 Å². The number of benzene rings is 2. The fraction of sp³-hybridized carbons (Fsp3) is 0.385. The molecule has 0 saturated carbocycles. The first-order valence-corrected chi connectivity index (χ1v) is 13.3. The van der Waals surface area contributed by atoms with Crippen molar-refractivity contribution in [3.63, 3.8) is 0 Å². The molecule has 1 aliphatic rings. The molecule has 0 aliphatic carbocycles. The van der Waals surface area contributed by atoms with Crippen LogP contribution >= 0.6 is 0 Å². The molecule has 2 aromatic carbocycles. The Balaban J connectivity index is -0.000000635. The van der Waals surface area contributed by atoms with Crippen LogP contribution in [-0.4, -0.2) is 38.9 Å². The van der Waals surface area contributed by atoms with Crippen molar-refractivity contribution in [1.29, 1.82) is 0 Å². The van der Waals surface area contributed by atoms with Crippen LogP contribution in [0.15, 0.2) is 52.3 Å². The molecule has 1 fully saturated rings. The van der Waals surface area contributed by atoms with Gasteiger partial charge in [0.15, 0.2) is 9.84 Å². The minimum Gasteiger partial charge on any atom is -0.420 e. The Morgan fingerprint density at radius 1 is 1.05 bits per heavy atom. The summed E-state index contributed by atoms with van der Waals surface area (Å²) < 4.78 is 85.1. The number of hydrogen-bond donors (Lipinski definition) is 0. The number of nitrogens with zero attached hydrogens (tertiary/aromatic N) is 1. The largest absolute Gasteiger partial charge is 1.00 e. The Bertz CT molecular complexity index is 1120. The third-order valence-electron chi connectivity index (χ3n) is 5.61. The van der Waals surface area contributed by atoms with Gasteiger partial charge < -0.3 is 37.1 Å². The molecule has 38 heavy (non-hydrogen) atoms. The molecule has 0 spiro atoms. The summed E-state index contributed by atoms with van der Waals surface area (Å²) in [5.41, 5.74) is 0.214. The Hall–Kier alpha value is -0.715. The summed E-state index contributed by atoms with van der Waals surface area (Å²) in [4.78, 5) is 1.79. The van der Waals surface area contributed by atoms with E-state index in [-0.39, 0.29) is 80.9 Å². The number of halogens is 3. The number of likely N-dealkylation sites (tertiary alicyclic amines) is 1. The second-order valence-electron chi connectivity index (χ2n) is 8.13. The minimum absolute atomic E-state index is 0. The van der Waals surface area contributed by atoms with E-state index in [1.807, 2.05) is 4.90 Å². The second-order valence-corrected chi connectivity index (χ2v) is 11.3. The number of rotatable bonds is 8. The van der Waals surface area contributed by atoms with Gasteiger partial charge in [0.25, 0.3) is 5.92 Å². The van der Waals surface area contributed by atoms with Gasteiger partial charge >= 0.3 is 37.7 Å². The molecule has 2 aromatic rings. The molecule has 0 amide bonds. The summed E-state index contributed by atoms with van der Waals surface area (Å²) in [6.07, 6.45) is 1.57. The zero-order chi connectivity index (χ0) is 25.5. The number of sulfone groups is 1. The van der Waals surface area contributed by atoms with E-state index < -0.39 is 37.5 Å². The number of alkyl halides is 2. The van der Waals surface area contributed by atoms with Gasteiger partial charge in [-0.2, -0.15) is 25.0 Å². The quantitative estimate of drug-likeness (QED) is 0.261. The first-order chi connectivity index (χ1) is 15.9. The molecule has 12 heteroatoms. The van der Waals surface area contributed by atoms with E-state index in [0.29, 0.717) is 12.5 Å². The van der Waals surface area contributed by atoms with Gasteiger partial charge in [0, 0.05) is 18.8 Å². The van der Waals surface area contributed by atoms with Crippen molar-refractivity contribution >= 4 is 20.5 Å². The third kappa shape index (κ3) is 12.2. The maximum atomic E-state index is 13.1. The zero-order valence-corrected chi connectivity index (χ0v) is 24.5. The summed E-state index contributed by atoms with van der Waals surface area (Å²) in [6, 6.07) is 11.3. The summed E-state index contributed by atoms with van der Waals surface area (Å²) in [6.45, 7) is 10.2. The van der Waals surface area contributed by atoms with Crippen LogP contribution in [0.2, 0.25) is 0 Å². The Morgan fingerprint density at radius 3 is 2.03 bits per heavy atom. The summed E-state index contributed by atoms with van der Waals surface area (Å²) in [5.74, 6) is -2.73.